The predicted molar refractivity (Wildman–Crippen MR) is 128 cm³/mol. The maximum absolute atomic E-state index is 13.1. The molecule has 9 heteroatoms. The van der Waals surface area contributed by atoms with Gasteiger partial charge in [0.25, 0.3) is 0 Å². The lowest BCUT2D eigenvalue weighted by Gasteiger charge is -2.21. The van der Waals surface area contributed by atoms with Crippen LogP contribution in [0.4, 0.5) is 9.52 Å². The minimum Gasteiger partial charge on any atom is -0.309 e. The van der Waals surface area contributed by atoms with Crippen molar-refractivity contribution in [3.63, 3.8) is 0 Å². The van der Waals surface area contributed by atoms with Crippen molar-refractivity contribution >= 4 is 42.4 Å². The van der Waals surface area contributed by atoms with E-state index in [1.54, 1.807) is 4.90 Å². The summed E-state index contributed by atoms with van der Waals surface area (Å²) in [6.45, 7) is 5.27. The molecule has 0 N–H and O–H groups in total. The quantitative estimate of drug-likeness (QED) is 0.432. The van der Waals surface area contributed by atoms with Crippen LogP contribution < -0.4 is 4.90 Å². The highest BCUT2D eigenvalue weighted by Crippen LogP contribution is 2.32. The number of benzene rings is 2. The molecule has 0 aliphatic heterocycles. The van der Waals surface area contributed by atoms with Crippen molar-refractivity contribution in [1.82, 2.24) is 9.88 Å². The van der Waals surface area contributed by atoms with Gasteiger partial charge >= 0.3 is 0 Å². The van der Waals surface area contributed by atoms with Crippen LogP contribution in [0.25, 0.3) is 10.2 Å². The van der Waals surface area contributed by atoms with Crippen LogP contribution in [0.3, 0.4) is 0 Å². The monoisotopic (exact) mass is 477 g/mol. The number of aromatic nitrogens is 1. The van der Waals surface area contributed by atoms with Crippen molar-refractivity contribution in [2.45, 2.75) is 31.6 Å². The van der Waals surface area contributed by atoms with Crippen LogP contribution in [-0.4, -0.2) is 57.1 Å². The van der Waals surface area contributed by atoms with Crippen LogP contribution in [0, 0.1) is 19.7 Å². The number of carbonyl (C=O) groups excluding carboxylic acids is 1. The molecule has 1 aromatic heterocycles. The Balaban J connectivity index is 1.82. The van der Waals surface area contributed by atoms with E-state index in [1.165, 1.54) is 23.5 Å². The maximum Gasteiger partial charge on any atom is 0.229 e. The number of sulfone groups is 1. The largest absolute Gasteiger partial charge is 0.309 e. The predicted octanol–water partition coefficient (Wildman–Crippen LogP) is 4.20. The van der Waals surface area contributed by atoms with E-state index in [0.717, 1.165) is 46.4 Å². The highest BCUT2D eigenvalue weighted by molar-refractivity contribution is 7.91. The number of halogens is 1. The van der Waals surface area contributed by atoms with Crippen molar-refractivity contribution in [3.05, 3.63) is 53.3 Å². The molecule has 1 amide bonds. The second-order valence-electron chi connectivity index (χ2n) is 8.15. The summed E-state index contributed by atoms with van der Waals surface area (Å²) in [5.74, 6) is -1.14. The Morgan fingerprint density at radius 3 is 2.44 bits per heavy atom. The molecule has 6 nitrogen and oxygen atoms in total. The molecule has 0 saturated heterocycles. The van der Waals surface area contributed by atoms with Crippen LogP contribution >= 0.6 is 11.3 Å². The Bertz CT molecular complexity index is 1210. The molecule has 0 spiro atoms. The minimum atomic E-state index is -3.70. The van der Waals surface area contributed by atoms with Gasteiger partial charge in [-0.05, 0) is 82.4 Å². The van der Waals surface area contributed by atoms with Gasteiger partial charge in [0, 0.05) is 13.0 Å². The average molecular weight is 478 g/mol. The number of nitrogens with zero attached hydrogens (tertiary/aromatic N) is 3. The lowest BCUT2D eigenvalue weighted by Crippen LogP contribution is -2.34. The number of amides is 1. The van der Waals surface area contributed by atoms with Crippen molar-refractivity contribution in [2.75, 3.05) is 37.8 Å². The molecule has 0 saturated carbocycles. The summed E-state index contributed by atoms with van der Waals surface area (Å²) < 4.78 is 39.4. The van der Waals surface area contributed by atoms with Crippen molar-refractivity contribution in [3.8, 4) is 0 Å². The molecule has 0 bridgehead atoms. The van der Waals surface area contributed by atoms with Gasteiger partial charge in [-0.3, -0.25) is 9.69 Å². The maximum atomic E-state index is 13.1. The Morgan fingerprint density at radius 1 is 1.09 bits per heavy atom. The first-order chi connectivity index (χ1) is 15.1. The summed E-state index contributed by atoms with van der Waals surface area (Å²) in [7, 11) is 0.229. The second kappa shape index (κ2) is 10.1. The number of thiazole rings is 1. The highest BCUT2D eigenvalue weighted by atomic mass is 32.2. The molecule has 0 aliphatic carbocycles. The molecule has 0 unspecified atom stereocenters. The second-order valence-corrected chi connectivity index (χ2v) is 11.2. The Labute approximate surface area is 192 Å². The van der Waals surface area contributed by atoms with E-state index in [1.807, 2.05) is 38.9 Å². The first-order valence-corrected chi connectivity index (χ1v) is 12.8. The van der Waals surface area contributed by atoms with Gasteiger partial charge in [0.2, 0.25) is 5.91 Å². The zero-order valence-electron chi connectivity index (χ0n) is 18.8. The number of anilines is 1. The first-order valence-electron chi connectivity index (χ1n) is 10.4. The number of aryl methyl sites for hydroxylation is 2. The zero-order valence-corrected chi connectivity index (χ0v) is 20.4. The fourth-order valence-electron chi connectivity index (χ4n) is 3.47. The van der Waals surface area contributed by atoms with Crippen LogP contribution in [0.1, 0.15) is 24.0 Å². The third-order valence-electron chi connectivity index (χ3n) is 5.09. The summed E-state index contributed by atoms with van der Waals surface area (Å²) in [5, 5.41) is 0.580. The van der Waals surface area contributed by atoms with Gasteiger partial charge in [-0.25, -0.2) is 17.8 Å². The third kappa shape index (κ3) is 5.90. The molecule has 0 atom stereocenters. The number of fused-ring (bicyclic) bond motifs is 1. The zero-order chi connectivity index (χ0) is 23.5. The lowest BCUT2D eigenvalue weighted by molar-refractivity contribution is -0.118. The van der Waals surface area contributed by atoms with E-state index in [-0.39, 0.29) is 23.0 Å². The highest BCUT2D eigenvalue weighted by Gasteiger charge is 2.23. The van der Waals surface area contributed by atoms with Crippen molar-refractivity contribution in [1.29, 1.82) is 0 Å². The van der Waals surface area contributed by atoms with Crippen LogP contribution in [0.15, 0.2) is 41.3 Å². The average Bonchev–Trinajstić information content (AvgIpc) is 3.13. The van der Waals surface area contributed by atoms with Gasteiger partial charge in [0.1, 0.15) is 5.82 Å². The van der Waals surface area contributed by atoms with Gasteiger partial charge in [0.15, 0.2) is 15.0 Å². The van der Waals surface area contributed by atoms with Crippen molar-refractivity contribution in [2.24, 2.45) is 0 Å². The van der Waals surface area contributed by atoms with E-state index >= 15 is 0 Å². The summed E-state index contributed by atoms with van der Waals surface area (Å²) in [4.78, 5) is 21.5. The number of hydrogen-bond acceptors (Lipinski definition) is 6. The van der Waals surface area contributed by atoms with Crippen LogP contribution in [-0.2, 0) is 14.6 Å². The van der Waals surface area contributed by atoms with Gasteiger partial charge in [-0.2, -0.15) is 0 Å². The normalized spacial score (nSPS) is 11.9. The van der Waals surface area contributed by atoms with Gasteiger partial charge < -0.3 is 4.90 Å². The SMILES string of the molecule is Cc1cc(C)c2sc(N(CCCN(C)C)C(=O)CCS(=O)(=O)c3ccc(F)cc3)nc2c1. The Kier molecular flexibility index (Phi) is 7.63. The summed E-state index contributed by atoms with van der Waals surface area (Å²) >= 11 is 1.45. The Morgan fingerprint density at radius 2 is 1.78 bits per heavy atom. The Hall–Kier alpha value is -2.36. The summed E-state index contributed by atoms with van der Waals surface area (Å²) in [6, 6.07) is 8.73. The topological polar surface area (TPSA) is 70.6 Å². The molecule has 32 heavy (non-hydrogen) atoms. The van der Waals surface area contributed by atoms with E-state index < -0.39 is 15.7 Å². The summed E-state index contributed by atoms with van der Waals surface area (Å²) in [5.41, 5.74) is 3.04. The van der Waals surface area contributed by atoms with E-state index in [9.17, 15) is 17.6 Å². The van der Waals surface area contributed by atoms with E-state index in [0.29, 0.717) is 11.7 Å². The molecule has 2 aromatic carbocycles. The first kappa shape index (κ1) is 24.3. The van der Waals surface area contributed by atoms with Gasteiger partial charge in [-0.15, -0.1) is 0 Å². The van der Waals surface area contributed by atoms with Crippen LogP contribution in [0.5, 0.6) is 0 Å². The molecule has 0 fully saturated rings. The van der Waals surface area contributed by atoms with E-state index in [2.05, 4.69) is 11.1 Å². The fourth-order valence-corrected chi connectivity index (χ4v) is 5.76. The smallest absolute Gasteiger partial charge is 0.229 e. The van der Waals surface area contributed by atoms with Gasteiger partial charge in [-0.1, -0.05) is 17.4 Å². The number of hydrogen-bond donors (Lipinski definition) is 0. The molecular weight excluding hydrogens is 449 g/mol. The third-order valence-corrected chi connectivity index (χ3v) is 8.05. The standard InChI is InChI=1S/C23H28FN3O3S2/c1-16-14-17(2)22-20(15-16)25-23(31-22)27(12-5-11-26(3)4)21(28)10-13-32(29,30)19-8-6-18(24)7-9-19/h6-9,14-15H,5,10-13H2,1-4H3. The van der Waals surface area contributed by atoms with Crippen molar-refractivity contribution < 1.29 is 17.6 Å². The lowest BCUT2D eigenvalue weighted by atomic mass is 10.1. The van der Waals surface area contributed by atoms with E-state index in [4.69, 9.17) is 0 Å². The molecule has 0 aliphatic rings. The van der Waals surface area contributed by atoms with Gasteiger partial charge in [0.05, 0.1) is 20.9 Å². The number of carbonyl (C=O) groups is 1. The molecular formula is C23H28FN3O3S2. The number of rotatable bonds is 9. The molecule has 0 radical (unpaired) electrons. The molecule has 1 heterocycles. The molecule has 172 valence electrons. The minimum absolute atomic E-state index is 0.0111. The fraction of sp³-hybridized carbons (Fsp3) is 0.391. The molecule has 3 rings (SSSR count). The van der Waals surface area contributed by atoms with Crippen LogP contribution in [0.2, 0.25) is 0 Å². The molecule has 3 aromatic rings. The summed E-state index contributed by atoms with van der Waals surface area (Å²) in [6.07, 6.45) is 0.562.